The molecular weight excluding hydrogens is 506 g/mol. The zero-order valence-electron chi connectivity index (χ0n) is 18.2. The molecule has 0 bridgehead atoms. The predicted molar refractivity (Wildman–Crippen MR) is 129 cm³/mol. The quantitative estimate of drug-likeness (QED) is 0.224. The Labute approximate surface area is 215 Å². The van der Waals surface area contributed by atoms with Crippen LogP contribution in [0.3, 0.4) is 0 Å². The largest absolute Gasteiger partial charge is 2.00 e. The standard InChI is InChI=1S/2C7H9.2C6H5ClO.Zr/c2*1-6-3-4-7(2)5-6;2*7-5-2-1-3-6(8)4-5;/h2*3-5H,1-2H3;2*1-4,8H;/q2*-1;;;+2. The minimum atomic E-state index is 0. The fourth-order valence-corrected chi connectivity index (χ4v) is 2.76. The first-order valence-corrected chi connectivity index (χ1v) is 10.2. The van der Waals surface area contributed by atoms with E-state index in [1.807, 2.05) is 0 Å². The summed E-state index contributed by atoms with van der Waals surface area (Å²) in [6.07, 6.45) is 0. The summed E-state index contributed by atoms with van der Waals surface area (Å²) in [4.78, 5) is 0. The normalized spacial score (nSPS) is 8.97. The van der Waals surface area contributed by atoms with Crippen molar-refractivity contribution < 1.29 is 36.4 Å². The molecule has 0 saturated heterocycles. The Morgan fingerprint density at radius 1 is 0.645 bits per heavy atom. The molecule has 0 saturated carbocycles. The Morgan fingerprint density at radius 2 is 1.00 bits per heavy atom. The average molecular weight is 535 g/mol. The molecule has 0 fully saturated rings. The molecule has 4 aromatic carbocycles. The number of hydrogen-bond acceptors (Lipinski definition) is 2. The molecule has 2 N–H and O–H groups in total. The number of aromatic hydroxyl groups is 2. The molecule has 0 unspecified atom stereocenters. The van der Waals surface area contributed by atoms with Crippen LogP contribution in [0.4, 0.5) is 0 Å². The molecule has 5 heteroatoms. The van der Waals surface area contributed by atoms with E-state index >= 15 is 0 Å². The van der Waals surface area contributed by atoms with Gasteiger partial charge in [0.2, 0.25) is 0 Å². The predicted octanol–water partition coefficient (Wildman–Crippen LogP) is 8.13. The summed E-state index contributed by atoms with van der Waals surface area (Å²) in [5, 5.41) is 18.6. The summed E-state index contributed by atoms with van der Waals surface area (Å²) in [6.45, 7) is 8.42. The number of halogens is 2. The number of aryl methyl sites for hydroxylation is 4. The van der Waals surface area contributed by atoms with Crippen LogP contribution < -0.4 is 0 Å². The van der Waals surface area contributed by atoms with E-state index in [-0.39, 0.29) is 37.7 Å². The van der Waals surface area contributed by atoms with Gasteiger partial charge in [-0.15, -0.1) is 0 Å². The van der Waals surface area contributed by atoms with E-state index in [2.05, 4.69) is 64.1 Å². The Hall–Kier alpha value is -1.80. The molecular formula is C26H28Cl2O2Zr. The van der Waals surface area contributed by atoms with Crippen LogP contribution in [-0.4, -0.2) is 10.2 Å². The van der Waals surface area contributed by atoms with E-state index in [1.165, 1.54) is 34.4 Å². The van der Waals surface area contributed by atoms with Crippen LogP contribution in [0.15, 0.2) is 84.9 Å². The third kappa shape index (κ3) is 14.8. The first kappa shape index (κ1) is 29.2. The molecule has 0 aliphatic carbocycles. The van der Waals surface area contributed by atoms with Crippen LogP contribution in [0.25, 0.3) is 0 Å². The smallest absolute Gasteiger partial charge is 0.508 e. The van der Waals surface area contributed by atoms with Crippen molar-refractivity contribution in [1.82, 2.24) is 0 Å². The average Bonchev–Trinajstić information content (AvgIpc) is 3.22. The third-order valence-corrected chi connectivity index (χ3v) is 4.22. The molecule has 0 heterocycles. The Kier molecular flexibility index (Phi) is 15.0. The van der Waals surface area contributed by atoms with Gasteiger partial charge in [0.1, 0.15) is 11.5 Å². The monoisotopic (exact) mass is 532 g/mol. The number of hydrogen-bond donors (Lipinski definition) is 2. The fourth-order valence-electron chi connectivity index (χ4n) is 2.39. The van der Waals surface area contributed by atoms with Crippen LogP contribution >= 0.6 is 23.2 Å². The number of benzene rings is 2. The van der Waals surface area contributed by atoms with Crippen LogP contribution in [0.2, 0.25) is 10.0 Å². The van der Waals surface area contributed by atoms with Gasteiger partial charge in [-0.25, -0.2) is 23.3 Å². The third-order valence-electron chi connectivity index (χ3n) is 3.75. The molecule has 0 atom stereocenters. The maximum Gasteiger partial charge on any atom is 2.00 e. The molecule has 162 valence electrons. The topological polar surface area (TPSA) is 40.5 Å². The molecule has 4 aromatic rings. The Balaban J connectivity index is 0.000000384. The molecule has 0 amide bonds. The van der Waals surface area contributed by atoms with Crippen LogP contribution in [-0.2, 0) is 26.2 Å². The fraction of sp³-hybridized carbons (Fsp3) is 0.154. The van der Waals surface area contributed by atoms with E-state index in [0.29, 0.717) is 10.0 Å². The van der Waals surface area contributed by atoms with Crippen molar-refractivity contribution in [2.24, 2.45) is 0 Å². The van der Waals surface area contributed by atoms with E-state index < -0.39 is 0 Å². The van der Waals surface area contributed by atoms with Gasteiger partial charge in [-0.3, -0.25) is 0 Å². The summed E-state index contributed by atoms with van der Waals surface area (Å²) in [7, 11) is 0. The van der Waals surface area contributed by atoms with Crippen LogP contribution in [0.5, 0.6) is 11.5 Å². The van der Waals surface area contributed by atoms with Gasteiger partial charge < -0.3 is 10.2 Å². The summed E-state index contributed by atoms with van der Waals surface area (Å²) in [5.41, 5.74) is 5.44. The van der Waals surface area contributed by atoms with Gasteiger partial charge in [0.15, 0.2) is 0 Å². The van der Waals surface area contributed by atoms with Crippen molar-refractivity contribution in [3.05, 3.63) is 117 Å². The second-order valence-corrected chi connectivity index (χ2v) is 7.76. The number of phenolic OH excluding ortho intramolecular Hbond substituents is 2. The van der Waals surface area contributed by atoms with Crippen LogP contribution in [0, 0.1) is 27.7 Å². The maximum atomic E-state index is 8.73. The van der Waals surface area contributed by atoms with Crippen molar-refractivity contribution >= 4 is 23.2 Å². The summed E-state index contributed by atoms with van der Waals surface area (Å²) in [6, 6.07) is 25.7. The summed E-state index contributed by atoms with van der Waals surface area (Å²) < 4.78 is 0. The van der Waals surface area contributed by atoms with Gasteiger partial charge in [0.05, 0.1) is 0 Å². The van der Waals surface area contributed by atoms with Gasteiger partial charge in [-0.1, -0.05) is 63.0 Å². The molecule has 0 aliphatic heterocycles. The molecule has 0 aliphatic rings. The summed E-state index contributed by atoms with van der Waals surface area (Å²) >= 11 is 11.0. The van der Waals surface area contributed by atoms with Gasteiger partial charge in [-0.05, 0) is 36.4 Å². The number of rotatable bonds is 0. The molecule has 31 heavy (non-hydrogen) atoms. The minimum absolute atomic E-state index is 0. The van der Waals surface area contributed by atoms with Crippen molar-refractivity contribution in [1.29, 1.82) is 0 Å². The molecule has 0 aromatic heterocycles. The van der Waals surface area contributed by atoms with Gasteiger partial charge in [0.25, 0.3) is 0 Å². The first-order valence-electron chi connectivity index (χ1n) is 9.44. The maximum absolute atomic E-state index is 8.73. The molecule has 2 nitrogen and oxygen atoms in total. The first-order chi connectivity index (χ1) is 14.2. The second kappa shape index (κ2) is 15.9. The Morgan fingerprint density at radius 3 is 1.13 bits per heavy atom. The van der Waals surface area contributed by atoms with Crippen molar-refractivity contribution in [3.63, 3.8) is 0 Å². The molecule has 4 rings (SSSR count). The van der Waals surface area contributed by atoms with E-state index in [9.17, 15) is 0 Å². The van der Waals surface area contributed by atoms with Crippen LogP contribution in [0.1, 0.15) is 22.3 Å². The van der Waals surface area contributed by atoms with Crippen molar-refractivity contribution in [3.8, 4) is 11.5 Å². The minimum Gasteiger partial charge on any atom is -0.508 e. The summed E-state index contributed by atoms with van der Waals surface area (Å²) in [5.74, 6) is 0.412. The second-order valence-electron chi connectivity index (χ2n) is 6.89. The van der Waals surface area contributed by atoms with Gasteiger partial charge >= 0.3 is 26.2 Å². The zero-order valence-corrected chi connectivity index (χ0v) is 22.2. The Bertz CT molecular complexity index is 857. The molecule has 0 spiro atoms. The number of phenols is 2. The molecule has 0 radical (unpaired) electrons. The van der Waals surface area contributed by atoms with Gasteiger partial charge in [-0.2, -0.15) is 35.4 Å². The van der Waals surface area contributed by atoms with Gasteiger partial charge in [0, 0.05) is 10.0 Å². The van der Waals surface area contributed by atoms with Crippen molar-refractivity contribution in [2.45, 2.75) is 27.7 Å². The van der Waals surface area contributed by atoms with Crippen molar-refractivity contribution in [2.75, 3.05) is 0 Å². The zero-order chi connectivity index (χ0) is 22.5. The van der Waals surface area contributed by atoms with E-state index in [1.54, 1.807) is 36.4 Å². The van der Waals surface area contributed by atoms with E-state index in [4.69, 9.17) is 33.4 Å². The van der Waals surface area contributed by atoms with E-state index in [0.717, 1.165) is 0 Å². The SMILES string of the molecule is Cc1cc[c-](C)c1.Cc1cc[c-](C)c1.Oc1cccc(Cl)c1.Oc1cccc(Cl)c1.[Zr+2].